The molecule has 0 aliphatic heterocycles. The largest absolute Gasteiger partial charge is 0.309 e. The summed E-state index contributed by atoms with van der Waals surface area (Å²) >= 11 is 9.66. The first kappa shape index (κ1) is 19.1. The third kappa shape index (κ3) is 4.35. The summed E-state index contributed by atoms with van der Waals surface area (Å²) in [4.78, 5) is 3.04. The fraction of sp³-hybridized carbons (Fsp3) is 0.0909. The molecule has 0 unspecified atom stereocenters. The van der Waals surface area contributed by atoms with Gasteiger partial charge in [0.05, 0.1) is 5.69 Å². The molecule has 0 radical (unpaired) electrons. The van der Waals surface area contributed by atoms with Crippen LogP contribution in [-0.2, 0) is 6.42 Å². The van der Waals surface area contributed by atoms with Gasteiger partial charge in [-0.1, -0.05) is 48.5 Å². The van der Waals surface area contributed by atoms with E-state index in [0.29, 0.717) is 0 Å². The summed E-state index contributed by atoms with van der Waals surface area (Å²) in [5.41, 5.74) is 13.0. The Morgan fingerprint density at radius 3 is 2.33 bits per heavy atom. The Bertz CT molecular complexity index is 984. The number of thiocarbonyl (C=S) groups is 1. The van der Waals surface area contributed by atoms with E-state index in [1.165, 1.54) is 28.6 Å². The molecule has 3 aromatic carbocycles. The molecule has 1 aliphatic carbocycles. The van der Waals surface area contributed by atoms with E-state index in [1.54, 1.807) is 0 Å². The fourth-order valence-electron chi connectivity index (χ4n) is 3.27. The second-order valence-electron chi connectivity index (χ2n) is 6.06. The number of nitrogens with one attached hydrogen (secondary N) is 2. The Labute approximate surface area is 169 Å². The summed E-state index contributed by atoms with van der Waals surface area (Å²) in [5, 5.41) is 3.66. The maximum absolute atomic E-state index is 5.69. The van der Waals surface area contributed by atoms with Crippen LogP contribution in [0.2, 0.25) is 0 Å². The van der Waals surface area contributed by atoms with Crippen molar-refractivity contribution in [3.05, 3.63) is 89.5 Å². The van der Waals surface area contributed by atoms with Crippen molar-refractivity contribution in [3.63, 3.8) is 0 Å². The summed E-state index contributed by atoms with van der Waals surface area (Å²) in [6.45, 7) is 0. The minimum Gasteiger partial charge on any atom is -0.309 e. The molecule has 3 nitrogen and oxygen atoms in total. The van der Waals surface area contributed by atoms with E-state index < -0.39 is 0 Å². The van der Waals surface area contributed by atoms with Crippen molar-refractivity contribution in [1.82, 2.24) is 0 Å². The van der Waals surface area contributed by atoms with Crippen molar-refractivity contribution in [2.75, 3.05) is 11.7 Å². The lowest BCUT2D eigenvalue weighted by Crippen LogP contribution is -2.81. The summed E-state index contributed by atoms with van der Waals surface area (Å²) in [6.07, 6.45) is 2.43. The van der Waals surface area contributed by atoms with Crippen LogP contribution in [0.1, 0.15) is 16.7 Å². The number of amidine groups is 1. The topological polar surface area (TPSA) is 52.0 Å². The number of benzene rings is 3. The molecule has 136 valence electrons. The molecule has 0 atom stereocenters. The molecule has 0 aromatic heterocycles. The monoisotopic (exact) mass is 394 g/mol. The Morgan fingerprint density at radius 1 is 0.926 bits per heavy atom. The zero-order chi connectivity index (χ0) is 19.2. The highest BCUT2D eigenvalue weighted by molar-refractivity contribution is 7.79. The molecule has 0 saturated carbocycles. The maximum Gasteiger partial charge on any atom is 0.285 e. The van der Waals surface area contributed by atoms with Gasteiger partial charge in [-0.3, -0.25) is 5.32 Å². The van der Waals surface area contributed by atoms with Gasteiger partial charge in [-0.15, -0.1) is 11.6 Å². The highest BCUT2D eigenvalue weighted by Crippen LogP contribution is 2.37. The SMILES string of the molecule is CCl.NC(=S)/[NH+]=C(\Nc1ccc2c(c1)Cc1ccccc1-2)c1ccccc1. The third-order valence-corrected chi connectivity index (χ3v) is 4.48. The minimum absolute atomic E-state index is 0.236. The average molecular weight is 395 g/mol. The van der Waals surface area contributed by atoms with Crippen LogP contribution < -0.4 is 16.0 Å². The summed E-state index contributed by atoms with van der Waals surface area (Å²) in [5.74, 6) is 0.781. The van der Waals surface area contributed by atoms with Gasteiger partial charge in [0.15, 0.2) is 0 Å². The molecular formula is C22H21ClN3S+. The summed E-state index contributed by atoms with van der Waals surface area (Å²) in [6, 6.07) is 25.0. The Hall–Kier alpha value is -2.69. The Balaban J connectivity index is 0.00000102. The molecule has 4 N–H and O–H groups in total. The standard InChI is InChI=1S/C21H17N3S.CH3Cl/c22-21(25)24-20(14-6-2-1-3-7-14)23-17-10-11-19-16(13-17)12-15-8-4-5-9-18(15)19;1-2/h1-11,13H,12H2,(H3,22,23,24,25);1H3/p+1. The molecule has 27 heavy (non-hydrogen) atoms. The van der Waals surface area contributed by atoms with E-state index in [4.69, 9.17) is 18.0 Å². The fourth-order valence-corrected chi connectivity index (χ4v) is 3.37. The van der Waals surface area contributed by atoms with Crippen molar-refractivity contribution in [1.29, 1.82) is 0 Å². The minimum atomic E-state index is 0.236. The molecule has 1 aliphatic rings. The van der Waals surface area contributed by atoms with Crippen LogP contribution in [0.3, 0.4) is 0 Å². The molecule has 3 aromatic rings. The van der Waals surface area contributed by atoms with Gasteiger partial charge in [-0.2, -0.15) is 0 Å². The second kappa shape index (κ2) is 8.80. The Morgan fingerprint density at radius 2 is 1.59 bits per heavy atom. The normalized spacial score (nSPS) is 11.7. The number of fused-ring (bicyclic) bond motifs is 3. The quantitative estimate of drug-likeness (QED) is 0.211. The van der Waals surface area contributed by atoms with Crippen LogP contribution in [0.15, 0.2) is 72.8 Å². The van der Waals surface area contributed by atoms with Crippen LogP contribution in [0, 0.1) is 0 Å². The van der Waals surface area contributed by atoms with Crippen LogP contribution in [0.4, 0.5) is 5.69 Å². The number of rotatable bonds is 2. The number of anilines is 1. The number of halogens is 1. The Kier molecular flexibility index (Phi) is 6.22. The van der Waals surface area contributed by atoms with Crippen molar-refractivity contribution < 1.29 is 4.99 Å². The number of hydrogen-bond donors (Lipinski definition) is 3. The van der Waals surface area contributed by atoms with Crippen molar-refractivity contribution in [2.45, 2.75) is 6.42 Å². The molecule has 0 heterocycles. The van der Waals surface area contributed by atoms with E-state index >= 15 is 0 Å². The lowest BCUT2D eigenvalue weighted by Gasteiger charge is -2.08. The van der Waals surface area contributed by atoms with Crippen LogP contribution in [0.25, 0.3) is 11.1 Å². The number of nitrogens with two attached hydrogens (primary N) is 1. The van der Waals surface area contributed by atoms with Crippen LogP contribution >= 0.6 is 23.8 Å². The van der Waals surface area contributed by atoms with E-state index in [-0.39, 0.29) is 5.11 Å². The molecule has 5 heteroatoms. The molecular weight excluding hydrogens is 374 g/mol. The molecule has 0 amide bonds. The summed E-state index contributed by atoms with van der Waals surface area (Å²) in [7, 11) is 0. The van der Waals surface area contributed by atoms with Gasteiger partial charge in [0.2, 0.25) is 5.84 Å². The highest BCUT2D eigenvalue weighted by Gasteiger charge is 2.19. The molecule has 4 rings (SSSR count). The van der Waals surface area contributed by atoms with Gasteiger partial charge in [0.1, 0.15) is 0 Å². The highest BCUT2D eigenvalue weighted by atomic mass is 35.5. The van der Waals surface area contributed by atoms with Gasteiger partial charge in [0, 0.05) is 11.9 Å². The lowest BCUT2D eigenvalue weighted by molar-refractivity contribution is -0.311. The third-order valence-electron chi connectivity index (χ3n) is 4.37. The van der Waals surface area contributed by atoms with E-state index in [0.717, 1.165) is 23.5 Å². The van der Waals surface area contributed by atoms with Gasteiger partial charge in [-0.25, -0.2) is 4.99 Å². The number of alkyl halides is 1. The lowest BCUT2D eigenvalue weighted by atomic mass is 10.1. The van der Waals surface area contributed by atoms with Crippen molar-refractivity contribution >= 4 is 40.5 Å². The van der Waals surface area contributed by atoms with Gasteiger partial charge in [0.25, 0.3) is 5.11 Å². The first-order valence-electron chi connectivity index (χ1n) is 8.55. The predicted octanol–water partition coefficient (Wildman–Crippen LogP) is 3.30. The molecule has 0 fully saturated rings. The zero-order valence-electron chi connectivity index (χ0n) is 15.0. The number of hydrogen-bond acceptors (Lipinski definition) is 1. The first-order valence-corrected chi connectivity index (χ1v) is 9.72. The molecule has 0 saturated heterocycles. The van der Waals surface area contributed by atoms with Crippen molar-refractivity contribution in [3.8, 4) is 11.1 Å². The van der Waals surface area contributed by atoms with Crippen molar-refractivity contribution in [2.24, 2.45) is 5.73 Å². The predicted molar refractivity (Wildman–Crippen MR) is 118 cm³/mol. The van der Waals surface area contributed by atoms with Gasteiger partial charge in [-0.05, 0) is 65.2 Å². The summed E-state index contributed by atoms with van der Waals surface area (Å²) < 4.78 is 0. The van der Waals surface area contributed by atoms with E-state index in [2.05, 4.69) is 64.4 Å². The van der Waals surface area contributed by atoms with Crippen LogP contribution in [-0.4, -0.2) is 17.3 Å². The molecule has 0 spiro atoms. The average Bonchev–Trinajstić information content (AvgIpc) is 3.07. The zero-order valence-corrected chi connectivity index (χ0v) is 16.6. The maximum atomic E-state index is 5.69. The first-order chi connectivity index (χ1) is 13.2. The molecule has 0 bridgehead atoms. The van der Waals surface area contributed by atoms with Gasteiger partial charge >= 0.3 is 0 Å². The van der Waals surface area contributed by atoms with Gasteiger partial charge < -0.3 is 5.73 Å². The van der Waals surface area contributed by atoms with E-state index in [9.17, 15) is 0 Å². The van der Waals surface area contributed by atoms with E-state index in [1.807, 2.05) is 30.3 Å². The van der Waals surface area contributed by atoms with Crippen LogP contribution in [0.5, 0.6) is 0 Å². The second-order valence-corrected chi connectivity index (χ2v) is 6.50. The smallest absolute Gasteiger partial charge is 0.285 e.